The van der Waals surface area contributed by atoms with Crippen LogP contribution in [0.15, 0.2) is 30.6 Å². The van der Waals surface area contributed by atoms with Gasteiger partial charge in [0.1, 0.15) is 24.3 Å². The van der Waals surface area contributed by atoms with Crippen molar-refractivity contribution in [2.45, 2.75) is 56.6 Å². The molecule has 0 aliphatic carbocycles. The van der Waals surface area contributed by atoms with E-state index in [4.69, 9.17) is 16.3 Å². The van der Waals surface area contributed by atoms with Crippen LogP contribution >= 0.6 is 11.6 Å². The molecule has 4 atom stereocenters. The summed E-state index contributed by atoms with van der Waals surface area (Å²) < 4.78 is 35.0. The number of ether oxygens (including phenoxy) is 1. The van der Waals surface area contributed by atoms with E-state index < -0.39 is 18.6 Å². The molecule has 2 bridgehead atoms. The quantitative estimate of drug-likeness (QED) is 0.576. The lowest BCUT2D eigenvalue weighted by Gasteiger charge is -2.38. The van der Waals surface area contributed by atoms with E-state index in [1.54, 1.807) is 15.6 Å². The predicted octanol–water partition coefficient (Wildman–Crippen LogP) is 2.99. The molecule has 11 heteroatoms. The normalized spacial score (nSPS) is 25.9. The fraction of sp³-hybridized carbons (Fsp3) is 0.458. The summed E-state index contributed by atoms with van der Waals surface area (Å²) in [5.41, 5.74) is 2.50. The number of carbonyl (C=O) groups is 1. The minimum Gasteiger partial charge on any atom is -0.489 e. The minimum atomic E-state index is -0.542. The van der Waals surface area contributed by atoms with Gasteiger partial charge in [-0.25, -0.2) is 18.3 Å². The first-order chi connectivity index (χ1) is 16.9. The summed E-state index contributed by atoms with van der Waals surface area (Å²) in [6.07, 6.45) is 4.00. The molecule has 0 spiro atoms. The number of alkyl halides is 1. The van der Waals surface area contributed by atoms with Gasteiger partial charge in [-0.05, 0) is 25.0 Å². The number of benzene rings is 1. The molecule has 2 fully saturated rings. The first kappa shape index (κ1) is 22.6. The van der Waals surface area contributed by atoms with E-state index in [2.05, 4.69) is 10.1 Å². The van der Waals surface area contributed by atoms with Crippen molar-refractivity contribution >= 4 is 23.2 Å². The molecule has 4 unspecified atom stereocenters. The summed E-state index contributed by atoms with van der Waals surface area (Å²) in [6, 6.07) is 3.72. The van der Waals surface area contributed by atoms with Crippen LogP contribution in [0.3, 0.4) is 0 Å². The zero-order chi connectivity index (χ0) is 24.3. The Bertz CT molecular complexity index is 1300. The lowest BCUT2D eigenvalue weighted by molar-refractivity contribution is 0.0219. The average Bonchev–Trinajstić information content (AvgIpc) is 3.42. The maximum atomic E-state index is 14.2. The standard InChI is InChI=1S/C24H24ClF2N5O3/c25-13-9-28-23-18-11-30(12-19(18)29-32(23)10-13)24(34)17-2-1-14(27)5-22(17)35-16-6-15-7-21(33)20(8-16)31(15)4-3-26/h1-2,5,9-10,15-16,20-21,33H,3-4,6-8,11-12H2. The van der Waals surface area contributed by atoms with E-state index in [1.807, 2.05) is 4.90 Å². The third-order valence-corrected chi connectivity index (χ3v) is 7.49. The molecule has 1 amide bonds. The summed E-state index contributed by atoms with van der Waals surface area (Å²) >= 11 is 6.00. The van der Waals surface area contributed by atoms with Crippen LogP contribution < -0.4 is 4.74 Å². The van der Waals surface area contributed by atoms with Crippen molar-refractivity contribution in [3.8, 4) is 5.75 Å². The number of fused-ring (bicyclic) bond motifs is 5. The summed E-state index contributed by atoms with van der Waals surface area (Å²) in [5, 5.41) is 15.4. The summed E-state index contributed by atoms with van der Waals surface area (Å²) in [5.74, 6) is -0.614. The number of amides is 1. The molecule has 0 radical (unpaired) electrons. The highest BCUT2D eigenvalue weighted by Crippen LogP contribution is 2.38. The van der Waals surface area contributed by atoms with Gasteiger partial charge in [-0.3, -0.25) is 9.69 Å². The fourth-order valence-corrected chi connectivity index (χ4v) is 5.93. The third-order valence-electron chi connectivity index (χ3n) is 7.30. The van der Waals surface area contributed by atoms with Gasteiger partial charge in [0.25, 0.3) is 5.91 Å². The van der Waals surface area contributed by atoms with Gasteiger partial charge in [0, 0.05) is 42.9 Å². The number of hydrogen-bond donors (Lipinski definition) is 1. The zero-order valence-electron chi connectivity index (χ0n) is 18.8. The first-order valence-corrected chi connectivity index (χ1v) is 12.1. The molecule has 3 aliphatic heterocycles. The van der Waals surface area contributed by atoms with Crippen LogP contribution in [0.1, 0.15) is 40.9 Å². The Kier molecular flexibility index (Phi) is 5.62. The average molecular weight is 504 g/mol. The molecule has 35 heavy (non-hydrogen) atoms. The molecule has 2 aromatic heterocycles. The second-order valence-electron chi connectivity index (χ2n) is 9.43. The number of rotatable bonds is 5. The van der Waals surface area contributed by atoms with Crippen molar-refractivity contribution in [3.63, 3.8) is 0 Å². The highest BCUT2D eigenvalue weighted by molar-refractivity contribution is 6.30. The summed E-state index contributed by atoms with van der Waals surface area (Å²) in [4.78, 5) is 21.4. The van der Waals surface area contributed by atoms with E-state index in [0.717, 1.165) is 11.3 Å². The van der Waals surface area contributed by atoms with Crippen LogP contribution in [-0.4, -0.2) is 72.9 Å². The number of halogens is 3. The molecule has 1 aromatic carbocycles. The Morgan fingerprint density at radius 1 is 1.26 bits per heavy atom. The van der Waals surface area contributed by atoms with Gasteiger partial charge < -0.3 is 14.7 Å². The van der Waals surface area contributed by atoms with E-state index in [1.165, 1.54) is 24.4 Å². The van der Waals surface area contributed by atoms with Gasteiger partial charge in [0.05, 0.1) is 41.7 Å². The molecule has 0 saturated carbocycles. The predicted molar refractivity (Wildman–Crippen MR) is 123 cm³/mol. The number of nitrogens with zero attached hydrogens (tertiary/aromatic N) is 5. The number of piperidine rings is 1. The molecular formula is C24H24ClF2N5O3. The molecule has 184 valence electrons. The largest absolute Gasteiger partial charge is 0.489 e. The van der Waals surface area contributed by atoms with Gasteiger partial charge in [-0.2, -0.15) is 5.10 Å². The molecule has 5 heterocycles. The maximum absolute atomic E-state index is 14.2. The molecule has 8 nitrogen and oxygen atoms in total. The van der Waals surface area contributed by atoms with Crippen molar-refractivity contribution in [1.29, 1.82) is 0 Å². The Hall–Kier alpha value is -2.82. The lowest BCUT2D eigenvalue weighted by Crippen LogP contribution is -2.49. The Balaban J connectivity index is 1.22. The van der Waals surface area contributed by atoms with Gasteiger partial charge in [-0.15, -0.1) is 0 Å². The third kappa shape index (κ3) is 3.93. The van der Waals surface area contributed by atoms with E-state index >= 15 is 0 Å². The van der Waals surface area contributed by atoms with Crippen LogP contribution in [0.5, 0.6) is 5.75 Å². The molecule has 3 aromatic rings. The maximum Gasteiger partial charge on any atom is 0.258 e. The van der Waals surface area contributed by atoms with Crippen LogP contribution in [0.25, 0.3) is 5.65 Å². The number of aliphatic hydroxyl groups is 1. The van der Waals surface area contributed by atoms with Crippen molar-refractivity contribution in [2.75, 3.05) is 13.2 Å². The second kappa shape index (κ2) is 8.69. The minimum absolute atomic E-state index is 0.00292. The number of hydrogen-bond acceptors (Lipinski definition) is 6. The number of aromatic nitrogens is 3. The lowest BCUT2D eigenvalue weighted by atomic mass is 9.99. The van der Waals surface area contributed by atoms with Crippen molar-refractivity contribution in [3.05, 3.63) is 58.3 Å². The number of aliphatic hydroxyl groups excluding tert-OH is 1. The van der Waals surface area contributed by atoms with Gasteiger partial charge in [0.15, 0.2) is 5.65 Å². The molecular weight excluding hydrogens is 480 g/mol. The number of carbonyl (C=O) groups excluding carboxylic acids is 1. The van der Waals surface area contributed by atoms with Gasteiger partial charge in [0.2, 0.25) is 0 Å². The van der Waals surface area contributed by atoms with Crippen LogP contribution in [0.4, 0.5) is 8.78 Å². The SMILES string of the molecule is O=C(c1ccc(F)cc1OC1CC2CC(O)C(C1)N2CCF)N1Cc2nn3cc(Cl)cnc3c2C1. The molecule has 1 N–H and O–H groups in total. The molecule has 6 rings (SSSR count). The second-order valence-corrected chi connectivity index (χ2v) is 9.87. The summed E-state index contributed by atoms with van der Waals surface area (Å²) in [7, 11) is 0. The molecule has 2 saturated heterocycles. The van der Waals surface area contributed by atoms with Gasteiger partial charge >= 0.3 is 0 Å². The van der Waals surface area contributed by atoms with Crippen LogP contribution in [-0.2, 0) is 13.1 Å². The van der Waals surface area contributed by atoms with Crippen molar-refractivity contribution < 1.29 is 23.4 Å². The first-order valence-electron chi connectivity index (χ1n) is 11.7. The van der Waals surface area contributed by atoms with Crippen molar-refractivity contribution in [1.82, 2.24) is 24.4 Å². The van der Waals surface area contributed by atoms with E-state index in [-0.39, 0.29) is 42.0 Å². The monoisotopic (exact) mass is 503 g/mol. The van der Waals surface area contributed by atoms with Crippen LogP contribution in [0, 0.1) is 5.82 Å². The van der Waals surface area contributed by atoms with Crippen molar-refractivity contribution in [2.24, 2.45) is 0 Å². The topological polar surface area (TPSA) is 83.2 Å². The fourth-order valence-electron chi connectivity index (χ4n) is 5.78. The highest BCUT2D eigenvalue weighted by Gasteiger charge is 2.46. The highest BCUT2D eigenvalue weighted by atomic mass is 35.5. The van der Waals surface area contributed by atoms with E-state index in [9.17, 15) is 18.7 Å². The summed E-state index contributed by atoms with van der Waals surface area (Å²) in [6.45, 7) is 0.424. The van der Waals surface area contributed by atoms with Gasteiger partial charge in [-0.1, -0.05) is 11.6 Å². The Morgan fingerprint density at radius 3 is 2.91 bits per heavy atom. The smallest absolute Gasteiger partial charge is 0.258 e. The van der Waals surface area contributed by atoms with E-state index in [0.29, 0.717) is 43.0 Å². The van der Waals surface area contributed by atoms with Crippen LogP contribution in [0.2, 0.25) is 5.02 Å². The Labute approximate surface area is 205 Å². The zero-order valence-corrected chi connectivity index (χ0v) is 19.5. The Morgan fingerprint density at radius 2 is 2.11 bits per heavy atom. The molecule has 3 aliphatic rings.